The molecule has 1 aromatic carbocycles. The van der Waals surface area contributed by atoms with Gasteiger partial charge >= 0.3 is 0 Å². The summed E-state index contributed by atoms with van der Waals surface area (Å²) in [6.45, 7) is 1.44. The molecule has 3 aromatic rings. The largest absolute Gasteiger partial charge is 0.391 e. The van der Waals surface area contributed by atoms with Gasteiger partial charge in [0.1, 0.15) is 5.69 Å². The number of hydrogen-bond donors (Lipinski definition) is 1. The SMILES string of the molecule is O=C(c1csc(Cc2ccccc2)n1)N1C[C@H]2C[C@@H](n3cccn3)[C@H](O)C[C@H]2C1. The number of fused-ring (bicyclic) bond motifs is 1. The smallest absolute Gasteiger partial charge is 0.273 e. The first-order valence-electron chi connectivity index (χ1n) is 10.1. The van der Waals surface area contributed by atoms with E-state index < -0.39 is 6.10 Å². The second-order valence-corrected chi connectivity index (χ2v) is 9.05. The molecule has 3 heterocycles. The molecule has 2 fully saturated rings. The zero-order valence-electron chi connectivity index (χ0n) is 16.1. The van der Waals surface area contributed by atoms with E-state index in [1.165, 1.54) is 5.56 Å². The Morgan fingerprint density at radius 2 is 1.93 bits per heavy atom. The lowest BCUT2D eigenvalue weighted by Crippen LogP contribution is -2.36. The van der Waals surface area contributed by atoms with Gasteiger partial charge in [0.25, 0.3) is 5.91 Å². The molecule has 29 heavy (non-hydrogen) atoms. The van der Waals surface area contributed by atoms with Crippen LogP contribution < -0.4 is 0 Å². The third kappa shape index (κ3) is 3.72. The number of aliphatic hydroxyl groups is 1. The highest BCUT2D eigenvalue weighted by atomic mass is 32.1. The third-order valence-corrected chi connectivity index (χ3v) is 7.08. The molecule has 6 nitrogen and oxygen atoms in total. The van der Waals surface area contributed by atoms with E-state index in [-0.39, 0.29) is 11.9 Å². The monoisotopic (exact) mass is 408 g/mol. The Morgan fingerprint density at radius 3 is 2.69 bits per heavy atom. The van der Waals surface area contributed by atoms with Crippen LogP contribution in [0.1, 0.15) is 39.9 Å². The summed E-state index contributed by atoms with van der Waals surface area (Å²) in [6, 6.07) is 12.1. The number of benzene rings is 1. The van der Waals surface area contributed by atoms with E-state index in [2.05, 4.69) is 22.2 Å². The van der Waals surface area contributed by atoms with Crippen molar-refractivity contribution in [3.05, 3.63) is 70.4 Å². The molecule has 1 saturated heterocycles. The average Bonchev–Trinajstić information content (AvgIpc) is 3.48. The summed E-state index contributed by atoms with van der Waals surface area (Å²) in [4.78, 5) is 19.6. The molecule has 5 rings (SSSR count). The van der Waals surface area contributed by atoms with E-state index in [1.807, 2.05) is 45.4 Å². The van der Waals surface area contributed by atoms with E-state index in [9.17, 15) is 9.90 Å². The maximum absolute atomic E-state index is 13.0. The quantitative estimate of drug-likeness (QED) is 0.720. The van der Waals surface area contributed by atoms with Gasteiger partial charge in [-0.25, -0.2) is 4.98 Å². The molecule has 2 aromatic heterocycles. The van der Waals surface area contributed by atoms with Crippen molar-refractivity contribution >= 4 is 17.2 Å². The van der Waals surface area contributed by atoms with Gasteiger partial charge in [-0.3, -0.25) is 9.48 Å². The Hall–Kier alpha value is -2.51. The molecular weight excluding hydrogens is 384 g/mol. The fourth-order valence-corrected chi connectivity index (χ4v) is 5.56. The minimum absolute atomic E-state index is 0.00181. The zero-order chi connectivity index (χ0) is 19.8. The summed E-state index contributed by atoms with van der Waals surface area (Å²) in [5, 5.41) is 17.8. The summed E-state index contributed by atoms with van der Waals surface area (Å²) in [5.74, 6) is 0.766. The van der Waals surface area contributed by atoms with Crippen LogP contribution in [0, 0.1) is 11.8 Å². The van der Waals surface area contributed by atoms with Gasteiger partial charge in [0.05, 0.1) is 17.2 Å². The minimum Gasteiger partial charge on any atom is -0.391 e. The topological polar surface area (TPSA) is 71.2 Å². The molecular formula is C22H24N4O2S. The van der Waals surface area contributed by atoms with Crippen LogP contribution in [-0.4, -0.2) is 49.9 Å². The van der Waals surface area contributed by atoms with Crippen molar-refractivity contribution in [2.75, 3.05) is 13.1 Å². The molecule has 0 unspecified atom stereocenters. The molecule has 1 saturated carbocycles. The summed E-state index contributed by atoms with van der Waals surface area (Å²) in [6.07, 6.45) is 5.57. The van der Waals surface area contributed by atoms with Gasteiger partial charge in [-0.05, 0) is 36.3 Å². The molecule has 1 aliphatic heterocycles. The minimum atomic E-state index is -0.414. The average molecular weight is 409 g/mol. The number of likely N-dealkylation sites (tertiary alicyclic amines) is 1. The Balaban J connectivity index is 1.25. The molecule has 1 N–H and O–H groups in total. The van der Waals surface area contributed by atoms with Crippen molar-refractivity contribution in [2.45, 2.75) is 31.4 Å². The first kappa shape index (κ1) is 18.5. The van der Waals surface area contributed by atoms with Gasteiger partial charge in [-0.15, -0.1) is 11.3 Å². The van der Waals surface area contributed by atoms with E-state index in [1.54, 1.807) is 17.5 Å². The predicted molar refractivity (Wildman–Crippen MR) is 111 cm³/mol. The Bertz CT molecular complexity index is 972. The van der Waals surface area contributed by atoms with Crippen molar-refractivity contribution in [3.8, 4) is 0 Å². The van der Waals surface area contributed by atoms with Crippen LogP contribution in [0.25, 0.3) is 0 Å². The molecule has 1 aliphatic carbocycles. The summed E-state index contributed by atoms with van der Waals surface area (Å²) in [5.41, 5.74) is 1.75. The van der Waals surface area contributed by atoms with E-state index in [0.717, 1.165) is 30.8 Å². The molecule has 1 amide bonds. The second kappa shape index (κ2) is 7.72. The molecule has 0 radical (unpaired) electrons. The third-order valence-electron chi connectivity index (χ3n) is 6.23. The Labute approximate surface area is 173 Å². The molecule has 150 valence electrons. The van der Waals surface area contributed by atoms with Crippen molar-refractivity contribution in [1.29, 1.82) is 0 Å². The van der Waals surface area contributed by atoms with Crippen LogP contribution in [0.3, 0.4) is 0 Å². The number of amides is 1. The van der Waals surface area contributed by atoms with Crippen molar-refractivity contribution < 1.29 is 9.90 Å². The van der Waals surface area contributed by atoms with Crippen LogP contribution >= 0.6 is 11.3 Å². The number of hydrogen-bond acceptors (Lipinski definition) is 5. The maximum atomic E-state index is 13.0. The number of carbonyl (C=O) groups is 1. The summed E-state index contributed by atoms with van der Waals surface area (Å²) < 4.78 is 1.86. The lowest BCUT2D eigenvalue weighted by Gasteiger charge is -2.35. The zero-order valence-corrected chi connectivity index (χ0v) is 16.9. The fraction of sp³-hybridized carbons (Fsp3) is 0.409. The van der Waals surface area contributed by atoms with E-state index in [0.29, 0.717) is 24.1 Å². The highest BCUT2D eigenvalue weighted by Gasteiger charge is 2.44. The summed E-state index contributed by atoms with van der Waals surface area (Å²) >= 11 is 1.55. The van der Waals surface area contributed by atoms with Gasteiger partial charge in [0.2, 0.25) is 0 Å². The number of nitrogens with zero attached hydrogens (tertiary/aromatic N) is 4. The van der Waals surface area contributed by atoms with Crippen LogP contribution in [0.5, 0.6) is 0 Å². The fourth-order valence-electron chi connectivity index (χ4n) is 4.76. The number of aromatic nitrogens is 3. The second-order valence-electron chi connectivity index (χ2n) is 8.11. The van der Waals surface area contributed by atoms with Gasteiger partial charge in [-0.1, -0.05) is 30.3 Å². The van der Waals surface area contributed by atoms with Crippen molar-refractivity contribution in [2.24, 2.45) is 11.8 Å². The standard InChI is InChI=1S/C22H24N4O2S/c27-20-11-17-13-25(12-16(17)10-19(20)26-8-4-7-23-26)22(28)18-14-29-21(24-18)9-15-5-2-1-3-6-15/h1-8,14,16-17,19-20,27H,9-13H2/t16-,17+,19-,20-/m1/s1. The van der Waals surface area contributed by atoms with Gasteiger partial charge in [0, 0.05) is 37.3 Å². The molecule has 2 aliphatic rings. The maximum Gasteiger partial charge on any atom is 0.273 e. The molecule has 0 bridgehead atoms. The number of carbonyl (C=O) groups excluding carboxylic acids is 1. The highest BCUT2D eigenvalue weighted by molar-refractivity contribution is 7.09. The first-order valence-corrected chi connectivity index (χ1v) is 11.0. The Kier molecular flexibility index (Phi) is 4.93. The Morgan fingerprint density at radius 1 is 1.14 bits per heavy atom. The van der Waals surface area contributed by atoms with Crippen molar-refractivity contribution in [3.63, 3.8) is 0 Å². The van der Waals surface area contributed by atoms with Crippen LogP contribution in [-0.2, 0) is 6.42 Å². The predicted octanol–water partition coefficient (Wildman–Crippen LogP) is 3.01. The highest BCUT2D eigenvalue weighted by Crippen LogP contribution is 2.41. The lowest BCUT2D eigenvalue weighted by molar-refractivity contribution is 0.0306. The van der Waals surface area contributed by atoms with Crippen LogP contribution in [0.2, 0.25) is 0 Å². The molecule has 4 atom stereocenters. The van der Waals surface area contributed by atoms with E-state index in [4.69, 9.17) is 0 Å². The van der Waals surface area contributed by atoms with Crippen molar-refractivity contribution in [1.82, 2.24) is 19.7 Å². The van der Waals surface area contributed by atoms with Gasteiger partial charge < -0.3 is 10.0 Å². The lowest BCUT2D eigenvalue weighted by atomic mass is 9.77. The number of rotatable bonds is 4. The normalized spacial score (nSPS) is 26.4. The van der Waals surface area contributed by atoms with Gasteiger partial charge in [0.15, 0.2) is 0 Å². The molecule has 7 heteroatoms. The number of aliphatic hydroxyl groups excluding tert-OH is 1. The molecule has 0 spiro atoms. The first-order chi connectivity index (χ1) is 14.2. The van der Waals surface area contributed by atoms with E-state index >= 15 is 0 Å². The van der Waals surface area contributed by atoms with Crippen LogP contribution in [0.15, 0.2) is 54.2 Å². The summed E-state index contributed by atoms with van der Waals surface area (Å²) in [7, 11) is 0. The van der Waals surface area contributed by atoms with Crippen LogP contribution in [0.4, 0.5) is 0 Å². The van der Waals surface area contributed by atoms with Gasteiger partial charge in [-0.2, -0.15) is 5.10 Å². The number of thiazole rings is 1.